The molecule has 0 saturated heterocycles. The highest BCUT2D eigenvalue weighted by Crippen LogP contribution is 2.69. The van der Waals surface area contributed by atoms with E-state index < -0.39 is 42.3 Å². The van der Waals surface area contributed by atoms with Crippen LogP contribution in [0, 0.1) is 23.7 Å². The molecular weight excluding hydrogens is 607 g/mol. The zero-order valence-corrected chi connectivity index (χ0v) is 29.4. The van der Waals surface area contributed by atoms with E-state index in [2.05, 4.69) is 64.1 Å². The standard InChI is InChI=1S/C48H49NO/c1-46(2)23-24-47(3,4)42-30-38(21-22-39(42)46)49(37-19-17-34(18-20-37)33-11-6-5-7-12-33)43-15-10-14-41-45(43)50-44-16-9-8-13-40(44)48(41)35-26-31-25-32(28-35)29-36(48)27-31/h5-22,30-32,35-36H,23-29H2,1-4H3/i5D,6D,7D,11D,12D,17D,18D,19D,20D. The lowest BCUT2D eigenvalue weighted by Gasteiger charge is -2.63. The van der Waals surface area contributed by atoms with Gasteiger partial charge in [0.15, 0.2) is 5.75 Å². The van der Waals surface area contributed by atoms with Crippen LogP contribution < -0.4 is 9.64 Å². The number of nitrogens with zero attached hydrogens (tertiary/aromatic N) is 1. The van der Waals surface area contributed by atoms with Crippen molar-refractivity contribution in [2.24, 2.45) is 23.7 Å². The molecule has 2 nitrogen and oxygen atoms in total. The van der Waals surface area contributed by atoms with Crippen molar-refractivity contribution < 1.29 is 17.1 Å². The minimum absolute atomic E-state index is 0.000987. The number of benzene rings is 5. The average molecular weight is 665 g/mol. The second-order valence-electron chi connectivity index (χ2n) is 17.0. The maximum atomic E-state index is 9.72. The van der Waals surface area contributed by atoms with Gasteiger partial charge in [-0.1, -0.05) is 106 Å². The first-order valence-electron chi connectivity index (χ1n) is 23.0. The highest BCUT2D eigenvalue weighted by atomic mass is 16.5. The molecule has 4 saturated carbocycles. The van der Waals surface area contributed by atoms with Gasteiger partial charge in [-0.2, -0.15) is 0 Å². The number of rotatable bonds is 4. The van der Waals surface area contributed by atoms with Gasteiger partial charge in [0.25, 0.3) is 0 Å². The summed E-state index contributed by atoms with van der Waals surface area (Å²) in [7, 11) is 0. The van der Waals surface area contributed by atoms with Gasteiger partial charge in [-0.15, -0.1) is 0 Å². The maximum absolute atomic E-state index is 9.72. The van der Waals surface area contributed by atoms with Crippen molar-refractivity contribution in [1.82, 2.24) is 0 Å². The molecule has 4 fully saturated rings. The Labute approximate surface area is 311 Å². The quantitative estimate of drug-likeness (QED) is 0.190. The van der Waals surface area contributed by atoms with Crippen molar-refractivity contribution in [2.45, 2.75) is 88.9 Å². The van der Waals surface area contributed by atoms with Crippen molar-refractivity contribution in [3.63, 3.8) is 0 Å². The molecule has 1 heterocycles. The number of fused-ring (bicyclic) bond motifs is 3. The zero-order valence-electron chi connectivity index (χ0n) is 38.4. The summed E-state index contributed by atoms with van der Waals surface area (Å²) in [5, 5.41) is 0. The highest BCUT2D eigenvalue weighted by molar-refractivity contribution is 5.84. The van der Waals surface area contributed by atoms with Crippen LogP contribution in [0.25, 0.3) is 11.1 Å². The number of ether oxygens (including phenoxy) is 1. The van der Waals surface area contributed by atoms with E-state index in [9.17, 15) is 5.48 Å². The molecule has 0 aromatic heterocycles. The molecule has 0 unspecified atom stereocenters. The van der Waals surface area contributed by atoms with Crippen LogP contribution in [0.5, 0.6) is 11.5 Å². The molecule has 5 aliphatic carbocycles. The van der Waals surface area contributed by atoms with Crippen molar-refractivity contribution in [1.29, 1.82) is 0 Å². The van der Waals surface area contributed by atoms with Crippen LogP contribution in [0.4, 0.5) is 17.1 Å². The summed E-state index contributed by atoms with van der Waals surface area (Å²) in [5.41, 5.74) is 4.79. The number of para-hydroxylation sites is 2. The van der Waals surface area contributed by atoms with Crippen molar-refractivity contribution in [3.8, 4) is 22.6 Å². The minimum Gasteiger partial charge on any atom is -0.455 e. The molecule has 1 aliphatic heterocycles. The van der Waals surface area contributed by atoms with Crippen LogP contribution in [0.1, 0.15) is 107 Å². The fourth-order valence-electron chi connectivity index (χ4n) is 11.1. The first-order valence-corrected chi connectivity index (χ1v) is 18.5. The molecule has 0 N–H and O–H groups in total. The van der Waals surface area contributed by atoms with Gasteiger partial charge >= 0.3 is 0 Å². The van der Waals surface area contributed by atoms with E-state index in [1.165, 1.54) is 43.2 Å². The summed E-state index contributed by atoms with van der Waals surface area (Å²) in [5.74, 6) is 3.80. The van der Waals surface area contributed by atoms with Crippen LogP contribution in [-0.4, -0.2) is 0 Å². The van der Waals surface area contributed by atoms with E-state index in [-0.39, 0.29) is 45.1 Å². The monoisotopic (exact) mass is 664 g/mol. The van der Waals surface area contributed by atoms with Gasteiger partial charge < -0.3 is 9.64 Å². The first-order chi connectivity index (χ1) is 28.0. The Hall–Kier alpha value is -4.30. The van der Waals surface area contributed by atoms with Gasteiger partial charge in [-0.05, 0) is 138 Å². The number of hydrogen-bond acceptors (Lipinski definition) is 2. The molecule has 1 spiro atoms. The molecule has 0 radical (unpaired) electrons. The third kappa shape index (κ3) is 4.39. The third-order valence-corrected chi connectivity index (χ3v) is 13.3. The van der Waals surface area contributed by atoms with Gasteiger partial charge in [-0.3, -0.25) is 0 Å². The Kier molecular flexibility index (Phi) is 4.88. The first kappa shape index (κ1) is 22.5. The zero-order chi connectivity index (χ0) is 41.7. The van der Waals surface area contributed by atoms with Crippen LogP contribution in [0.3, 0.4) is 0 Å². The lowest BCUT2D eigenvalue weighted by Crippen LogP contribution is -2.57. The fraction of sp³-hybridized carbons (Fsp3) is 0.375. The van der Waals surface area contributed by atoms with Crippen LogP contribution in [0.15, 0.2) is 115 Å². The van der Waals surface area contributed by atoms with Gasteiger partial charge in [-0.25, -0.2) is 0 Å². The van der Waals surface area contributed by atoms with Gasteiger partial charge in [0.2, 0.25) is 0 Å². The molecule has 252 valence electrons. The molecular formula is C48H49NO. The average Bonchev–Trinajstić information content (AvgIpc) is 3.21. The molecule has 5 aromatic rings. The van der Waals surface area contributed by atoms with Crippen LogP contribution in [0.2, 0.25) is 0 Å². The van der Waals surface area contributed by atoms with Gasteiger partial charge in [0.05, 0.1) is 18.0 Å². The lowest BCUT2D eigenvalue weighted by molar-refractivity contribution is -0.0451. The van der Waals surface area contributed by atoms with Gasteiger partial charge in [0, 0.05) is 27.9 Å². The van der Waals surface area contributed by atoms with E-state index in [0.717, 1.165) is 41.6 Å². The fourth-order valence-corrected chi connectivity index (χ4v) is 11.1. The molecule has 2 heteroatoms. The SMILES string of the molecule is [2H]c1c([2H])c([2H])c(-c2c([2H])c([2H])c(N(c3ccc4c(c3)C(C)(C)CCC4(C)C)c3cccc4c3Oc3ccccc3C43C4CC5CC(C4)CC3C5)c([2H])c2[2H])c([2H])c1[2H]. The number of anilines is 3. The minimum atomic E-state index is -0.602. The highest BCUT2D eigenvalue weighted by Gasteiger charge is 2.61. The Morgan fingerprint density at radius 3 is 1.96 bits per heavy atom. The molecule has 50 heavy (non-hydrogen) atoms. The second kappa shape index (κ2) is 10.8. The summed E-state index contributed by atoms with van der Waals surface area (Å²) in [4.78, 5) is 1.83. The summed E-state index contributed by atoms with van der Waals surface area (Å²) in [6, 6.07) is 16.3. The topological polar surface area (TPSA) is 12.5 Å². The summed E-state index contributed by atoms with van der Waals surface area (Å²) in [6.45, 7) is 9.03. The predicted octanol–water partition coefficient (Wildman–Crippen LogP) is 13.0. The third-order valence-electron chi connectivity index (χ3n) is 13.3. The van der Waals surface area contributed by atoms with E-state index in [1.807, 2.05) is 29.2 Å². The van der Waals surface area contributed by atoms with E-state index in [0.29, 0.717) is 29.0 Å². The lowest BCUT2D eigenvalue weighted by atomic mass is 9.42. The molecule has 0 atom stereocenters. The Bertz CT molecular complexity index is 2550. The van der Waals surface area contributed by atoms with Crippen LogP contribution >= 0.6 is 0 Å². The van der Waals surface area contributed by atoms with Crippen molar-refractivity contribution in [3.05, 3.63) is 137 Å². The summed E-state index contributed by atoms with van der Waals surface area (Å²) in [6.07, 6.45) is 7.98. The largest absolute Gasteiger partial charge is 0.455 e. The second-order valence-corrected chi connectivity index (χ2v) is 17.0. The molecule has 6 aliphatic rings. The number of hydrogen-bond donors (Lipinski definition) is 0. The Balaban J connectivity index is 1.27. The predicted molar refractivity (Wildman–Crippen MR) is 206 cm³/mol. The van der Waals surface area contributed by atoms with Crippen molar-refractivity contribution >= 4 is 17.1 Å². The smallest absolute Gasteiger partial charge is 0.155 e. The van der Waals surface area contributed by atoms with Gasteiger partial charge in [0.1, 0.15) is 5.75 Å². The van der Waals surface area contributed by atoms with E-state index in [4.69, 9.17) is 11.6 Å². The van der Waals surface area contributed by atoms with Crippen molar-refractivity contribution in [2.75, 3.05) is 4.90 Å². The Morgan fingerprint density at radius 1 is 0.600 bits per heavy atom. The molecule has 4 bridgehead atoms. The van der Waals surface area contributed by atoms with E-state index >= 15 is 0 Å². The Morgan fingerprint density at radius 2 is 1.24 bits per heavy atom. The maximum Gasteiger partial charge on any atom is 0.155 e. The summed E-state index contributed by atoms with van der Waals surface area (Å²) >= 11 is 0. The van der Waals surface area contributed by atoms with Crippen LogP contribution in [-0.2, 0) is 16.2 Å². The molecule has 0 amide bonds. The summed E-state index contributed by atoms with van der Waals surface area (Å²) < 4.78 is 87.7. The molecule has 5 aromatic carbocycles. The van der Waals surface area contributed by atoms with E-state index in [1.54, 1.807) is 0 Å². The molecule has 11 rings (SSSR count). The normalized spacial score (nSPS) is 30.1.